The first-order valence-electron chi connectivity index (χ1n) is 11.1. The zero-order valence-electron chi connectivity index (χ0n) is 19.0. The molecule has 3 heterocycles. The molecule has 1 saturated heterocycles. The number of halogens is 5. The number of fused-ring (bicyclic) bond motifs is 1. The van der Waals surface area contributed by atoms with Crippen LogP contribution in [-0.2, 0) is 10.0 Å². The minimum atomic E-state index is -4.81. The number of rotatable bonds is 5. The SMILES string of the molecule is O=S(=O)(CC(F)(F)F)N1CCN(c2ncnc3c(-c4ccc(Cl)cc4)n(-c4ccccc4Cl)nc23)CC1. The third-order valence-electron chi connectivity index (χ3n) is 5.91. The Balaban J connectivity index is 1.55. The van der Waals surface area contributed by atoms with Gasteiger partial charge in [-0.05, 0) is 24.3 Å². The summed E-state index contributed by atoms with van der Waals surface area (Å²) in [5.41, 5.74) is 3.01. The van der Waals surface area contributed by atoms with Crippen LogP contribution in [0.3, 0.4) is 0 Å². The van der Waals surface area contributed by atoms with E-state index >= 15 is 0 Å². The Morgan fingerprint density at radius 3 is 2.22 bits per heavy atom. The van der Waals surface area contributed by atoms with Crippen LogP contribution in [0, 0.1) is 0 Å². The minimum Gasteiger partial charge on any atom is -0.352 e. The summed E-state index contributed by atoms with van der Waals surface area (Å²) in [6.45, 7) is 0.0508. The fraction of sp³-hybridized carbons (Fsp3) is 0.261. The fourth-order valence-corrected chi connectivity index (χ4v) is 5.91. The standard InChI is InChI=1S/C23H19Cl2F3N6O2S/c24-16-7-5-15(6-8-16)21-19-20(31-34(21)18-4-2-1-3-17(18)25)22(30-14-29-19)32-9-11-33(12-10-32)37(35,36)13-23(26,27)28/h1-8,14H,9-13H2. The summed E-state index contributed by atoms with van der Waals surface area (Å²) in [5, 5.41) is 5.81. The van der Waals surface area contributed by atoms with Crippen LogP contribution in [0.5, 0.6) is 0 Å². The van der Waals surface area contributed by atoms with Crippen LogP contribution in [0.4, 0.5) is 19.0 Å². The molecule has 0 atom stereocenters. The Bertz CT molecular complexity index is 1550. The van der Waals surface area contributed by atoms with E-state index in [0.29, 0.717) is 38.3 Å². The van der Waals surface area contributed by atoms with Gasteiger partial charge in [0, 0.05) is 36.8 Å². The van der Waals surface area contributed by atoms with Crippen LogP contribution < -0.4 is 4.90 Å². The fourth-order valence-electron chi connectivity index (χ4n) is 4.26. The van der Waals surface area contributed by atoms with Crippen molar-refractivity contribution in [2.45, 2.75) is 6.18 Å². The number of sulfonamides is 1. The van der Waals surface area contributed by atoms with E-state index in [1.807, 2.05) is 24.3 Å². The highest BCUT2D eigenvalue weighted by molar-refractivity contribution is 7.89. The maximum atomic E-state index is 12.7. The molecule has 0 spiro atoms. The molecule has 1 aliphatic heterocycles. The van der Waals surface area contributed by atoms with Gasteiger partial charge in [-0.3, -0.25) is 0 Å². The van der Waals surface area contributed by atoms with Crippen LogP contribution in [0.15, 0.2) is 54.9 Å². The molecule has 0 bridgehead atoms. The molecule has 0 radical (unpaired) electrons. The molecule has 0 aliphatic carbocycles. The van der Waals surface area contributed by atoms with Crippen LogP contribution in [-0.4, -0.2) is 70.6 Å². The van der Waals surface area contributed by atoms with Gasteiger partial charge in [0.25, 0.3) is 0 Å². The Morgan fingerprint density at radius 2 is 1.57 bits per heavy atom. The van der Waals surface area contributed by atoms with Crippen molar-refractivity contribution < 1.29 is 21.6 Å². The summed E-state index contributed by atoms with van der Waals surface area (Å²) in [6, 6.07) is 14.3. The molecule has 1 fully saturated rings. The number of anilines is 1. The molecule has 194 valence electrons. The van der Waals surface area contributed by atoms with E-state index in [1.54, 1.807) is 33.8 Å². The molecule has 0 saturated carbocycles. The summed E-state index contributed by atoms with van der Waals surface area (Å²) >= 11 is 12.6. The molecule has 0 amide bonds. The van der Waals surface area contributed by atoms with Gasteiger partial charge in [-0.25, -0.2) is 23.1 Å². The largest absolute Gasteiger partial charge is 0.404 e. The van der Waals surface area contributed by atoms with Crippen molar-refractivity contribution in [2.75, 3.05) is 36.8 Å². The van der Waals surface area contributed by atoms with Gasteiger partial charge in [0.1, 0.15) is 17.5 Å². The van der Waals surface area contributed by atoms with E-state index in [4.69, 9.17) is 28.3 Å². The summed E-state index contributed by atoms with van der Waals surface area (Å²) in [5.74, 6) is -1.44. The molecule has 2 aromatic carbocycles. The lowest BCUT2D eigenvalue weighted by Crippen LogP contribution is -2.50. The number of hydrogen-bond donors (Lipinski definition) is 0. The molecule has 2 aromatic heterocycles. The average molecular weight is 571 g/mol. The summed E-state index contributed by atoms with van der Waals surface area (Å²) in [4.78, 5) is 10.7. The van der Waals surface area contributed by atoms with Gasteiger partial charge in [0.05, 0.1) is 10.7 Å². The van der Waals surface area contributed by atoms with Crippen molar-refractivity contribution in [1.29, 1.82) is 0 Å². The van der Waals surface area contributed by atoms with Gasteiger partial charge in [0.2, 0.25) is 10.0 Å². The topological polar surface area (TPSA) is 84.2 Å². The van der Waals surface area contributed by atoms with Crippen LogP contribution >= 0.6 is 23.2 Å². The highest BCUT2D eigenvalue weighted by Crippen LogP contribution is 2.36. The number of alkyl halides is 3. The van der Waals surface area contributed by atoms with Gasteiger partial charge in [0.15, 0.2) is 17.1 Å². The lowest BCUT2D eigenvalue weighted by atomic mass is 10.1. The predicted octanol–water partition coefficient (Wildman–Crippen LogP) is 4.80. The lowest BCUT2D eigenvalue weighted by Gasteiger charge is -2.34. The monoisotopic (exact) mass is 570 g/mol. The summed E-state index contributed by atoms with van der Waals surface area (Å²) in [7, 11) is -4.47. The molecule has 37 heavy (non-hydrogen) atoms. The molecule has 0 unspecified atom stereocenters. The highest BCUT2D eigenvalue weighted by atomic mass is 35.5. The second-order valence-electron chi connectivity index (χ2n) is 8.37. The van der Waals surface area contributed by atoms with Gasteiger partial charge in [-0.1, -0.05) is 47.5 Å². The predicted molar refractivity (Wildman–Crippen MR) is 136 cm³/mol. The minimum absolute atomic E-state index is 0.112. The molecule has 5 rings (SSSR count). The first-order chi connectivity index (χ1) is 17.5. The van der Waals surface area contributed by atoms with Crippen LogP contribution in [0.25, 0.3) is 28.0 Å². The van der Waals surface area contributed by atoms with E-state index < -0.39 is 22.0 Å². The number of aromatic nitrogens is 4. The van der Waals surface area contributed by atoms with Gasteiger partial charge in [-0.15, -0.1) is 0 Å². The van der Waals surface area contributed by atoms with Gasteiger partial charge in [-0.2, -0.15) is 22.6 Å². The molecular formula is C23H19Cl2F3N6O2S. The molecule has 1 aliphatic rings. The Kier molecular flexibility index (Phi) is 6.77. The second kappa shape index (κ2) is 9.75. The first-order valence-corrected chi connectivity index (χ1v) is 13.4. The first kappa shape index (κ1) is 25.7. The third kappa shape index (κ3) is 5.24. The third-order valence-corrected chi connectivity index (χ3v) is 8.33. The van der Waals surface area contributed by atoms with Gasteiger partial charge >= 0.3 is 6.18 Å². The Labute approximate surface area is 220 Å². The van der Waals surface area contributed by atoms with Crippen molar-refractivity contribution in [2.24, 2.45) is 0 Å². The molecular weight excluding hydrogens is 552 g/mol. The number of nitrogens with zero attached hydrogens (tertiary/aromatic N) is 6. The molecule has 0 N–H and O–H groups in total. The van der Waals surface area contributed by atoms with Crippen molar-refractivity contribution in [1.82, 2.24) is 24.1 Å². The maximum Gasteiger partial charge on any atom is 0.404 e. The van der Waals surface area contributed by atoms with E-state index in [2.05, 4.69) is 9.97 Å². The van der Waals surface area contributed by atoms with Crippen LogP contribution in [0.2, 0.25) is 10.0 Å². The average Bonchev–Trinajstić information content (AvgIpc) is 3.23. The van der Waals surface area contributed by atoms with Crippen molar-refractivity contribution >= 4 is 50.1 Å². The zero-order chi connectivity index (χ0) is 26.4. The Hall–Kier alpha value is -2.93. The van der Waals surface area contributed by atoms with E-state index in [0.717, 1.165) is 9.87 Å². The molecule has 8 nitrogen and oxygen atoms in total. The summed E-state index contributed by atoms with van der Waals surface area (Å²) in [6.07, 6.45) is -3.43. The lowest BCUT2D eigenvalue weighted by molar-refractivity contribution is -0.107. The number of benzene rings is 2. The van der Waals surface area contributed by atoms with E-state index in [1.165, 1.54) is 6.33 Å². The maximum absolute atomic E-state index is 12.7. The van der Waals surface area contributed by atoms with E-state index in [-0.39, 0.29) is 26.2 Å². The zero-order valence-corrected chi connectivity index (χ0v) is 21.4. The normalized spacial score (nSPS) is 15.4. The molecule has 14 heteroatoms. The highest BCUT2D eigenvalue weighted by Gasteiger charge is 2.39. The molecule has 4 aromatic rings. The smallest absolute Gasteiger partial charge is 0.352 e. The number of para-hydroxylation sites is 1. The second-order valence-corrected chi connectivity index (χ2v) is 11.2. The van der Waals surface area contributed by atoms with Crippen molar-refractivity contribution in [3.63, 3.8) is 0 Å². The number of hydrogen-bond acceptors (Lipinski definition) is 6. The quantitative estimate of drug-likeness (QED) is 0.342. The Morgan fingerprint density at radius 1 is 0.892 bits per heavy atom. The van der Waals surface area contributed by atoms with Gasteiger partial charge < -0.3 is 4.90 Å². The van der Waals surface area contributed by atoms with Crippen molar-refractivity contribution in [3.05, 3.63) is 64.9 Å². The number of piperazine rings is 1. The van der Waals surface area contributed by atoms with Crippen LogP contribution in [0.1, 0.15) is 0 Å². The van der Waals surface area contributed by atoms with E-state index in [9.17, 15) is 21.6 Å². The summed E-state index contributed by atoms with van der Waals surface area (Å²) < 4.78 is 65.1. The van der Waals surface area contributed by atoms with Crippen molar-refractivity contribution in [3.8, 4) is 16.9 Å².